The summed E-state index contributed by atoms with van der Waals surface area (Å²) >= 11 is 1.90. The molecule has 0 spiro atoms. The average Bonchev–Trinajstić information content (AvgIpc) is 3.85. The molecule has 236 valence electrons. The van der Waals surface area contributed by atoms with Gasteiger partial charge in [0.1, 0.15) is 0 Å². The number of rotatable bonds is 2. The van der Waals surface area contributed by atoms with E-state index in [-0.39, 0.29) is 0 Å². The number of aromatic nitrogens is 2. The Bertz CT molecular complexity index is 3400. The van der Waals surface area contributed by atoms with Crippen LogP contribution in [0.5, 0.6) is 0 Å². The van der Waals surface area contributed by atoms with E-state index in [1.54, 1.807) is 0 Å². The number of fused-ring (bicyclic) bond motifs is 11. The lowest BCUT2D eigenvalue weighted by Gasteiger charge is -2.10. The molecular formula is C48H28N2S. The molecule has 0 aliphatic rings. The van der Waals surface area contributed by atoms with Gasteiger partial charge in [-0.15, -0.1) is 11.3 Å². The van der Waals surface area contributed by atoms with E-state index in [1.807, 2.05) is 11.3 Å². The van der Waals surface area contributed by atoms with Crippen LogP contribution in [-0.4, -0.2) is 8.97 Å². The summed E-state index contributed by atoms with van der Waals surface area (Å²) in [5.41, 5.74) is 9.78. The molecule has 0 aliphatic heterocycles. The van der Waals surface area contributed by atoms with Crippen LogP contribution in [0.4, 0.5) is 0 Å². The molecule has 0 atom stereocenters. The first-order valence-corrected chi connectivity index (χ1v) is 18.3. The Hall–Kier alpha value is -6.42. The lowest BCUT2D eigenvalue weighted by Crippen LogP contribution is -1.93. The first-order valence-electron chi connectivity index (χ1n) is 17.5. The van der Waals surface area contributed by atoms with Gasteiger partial charge in [-0.05, 0) is 75.8 Å². The first kappa shape index (κ1) is 27.4. The fourth-order valence-corrected chi connectivity index (χ4v) is 10.0. The van der Waals surface area contributed by atoms with E-state index < -0.39 is 0 Å². The molecule has 0 amide bonds. The normalized spacial score (nSPS) is 12.3. The van der Waals surface area contributed by atoms with Crippen LogP contribution >= 0.6 is 11.3 Å². The van der Waals surface area contributed by atoms with Crippen molar-refractivity contribution in [3.63, 3.8) is 0 Å². The average molecular weight is 665 g/mol. The predicted octanol–water partition coefficient (Wildman–Crippen LogP) is 13.7. The third-order valence-electron chi connectivity index (χ3n) is 11.1. The van der Waals surface area contributed by atoms with Crippen molar-refractivity contribution in [1.82, 2.24) is 8.97 Å². The van der Waals surface area contributed by atoms with Crippen molar-refractivity contribution in [2.24, 2.45) is 0 Å². The molecule has 0 aliphatic carbocycles. The quantitative estimate of drug-likeness (QED) is 0.174. The molecule has 12 rings (SSSR count). The van der Waals surface area contributed by atoms with Crippen molar-refractivity contribution in [3.8, 4) is 16.8 Å². The molecule has 4 heterocycles. The molecule has 51 heavy (non-hydrogen) atoms. The van der Waals surface area contributed by atoms with E-state index in [2.05, 4.69) is 179 Å². The zero-order valence-electron chi connectivity index (χ0n) is 27.5. The van der Waals surface area contributed by atoms with E-state index in [9.17, 15) is 0 Å². The van der Waals surface area contributed by atoms with Crippen LogP contribution in [0, 0.1) is 0 Å². The van der Waals surface area contributed by atoms with E-state index in [0.29, 0.717) is 0 Å². The van der Waals surface area contributed by atoms with Crippen molar-refractivity contribution >= 4 is 102 Å². The standard InChI is InChI=1S/C48H28N2S/c1-2-11-29(12-3-1)30-21-23-31(24-22-30)49-40-18-8-7-16-35(40)38-27-43-39(28-42(38)49)37-25-26-45-47-46-36(17-10-20-44(46)51-45)33-14-5-4-13-32(33)34-15-6-9-19-41(34)50(43)48(37)47/h1-28H. The second-order valence-corrected chi connectivity index (χ2v) is 14.7. The summed E-state index contributed by atoms with van der Waals surface area (Å²) < 4.78 is 7.68. The summed E-state index contributed by atoms with van der Waals surface area (Å²) in [5.74, 6) is 0. The molecule has 3 heteroatoms. The van der Waals surface area contributed by atoms with E-state index >= 15 is 0 Å². The molecule has 0 N–H and O–H groups in total. The van der Waals surface area contributed by atoms with Crippen molar-refractivity contribution in [1.29, 1.82) is 0 Å². The monoisotopic (exact) mass is 664 g/mol. The first-order chi connectivity index (χ1) is 25.3. The fraction of sp³-hybridized carbons (Fsp3) is 0. The summed E-state index contributed by atoms with van der Waals surface area (Å²) in [6.07, 6.45) is 0. The molecule has 0 unspecified atom stereocenters. The summed E-state index contributed by atoms with van der Waals surface area (Å²) in [6, 6.07) is 62.9. The van der Waals surface area contributed by atoms with Gasteiger partial charge < -0.3 is 8.97 Å². The molecule has 0 radical (unpaired) electrons. The minimum absolute atomic E-state index is 1.16. The van der Waals surface area contributed by atoms with Gasteiger partial charge in [0.2, 0.25) is 0 Å². The Labute approximate surface area is 296 Å². The van der Waals surface area contributed by atoms with E-state index in [0.717, 1.165) is 5.69 Å². The fourth-order valence-electron chi connectivity index (χ4n) is 8.90. The maximum atomic E-state index is 2.58. The van der Waals surface area contributed by atoms with Gasteiger partial charge in [0.15, 0.2) is 0 Å². The Morgan fingerprint density at radius 1 is 0.333 bits per heavy atom. The number of hydrogen-bond donors (Lipinski definition) is 0. The van der Waals surface area contributed by atoms with Crippen molar-refractivity contribution in [2.45, 2.75) is 0 Å². The lowest BCUT2D eigenvalue weighted by atomic mass is 10.0. The van der Waals surface area contributed by atoms with Gasteiger partial charge in [0, 0.05) is 52.8 Å². The second kappa shape index (κ2) is 10.1. The van der Waals surface area contributed by atoms with Gasteiger partial charge in [-0.25, -0.2) is 0 Å². The Balaban J connectivity index is 1.30. The molecule has 12 aromatic rings. The van der Waals surface area contributed by atoms with Crippen LogP contribution in [-0.2, 0) is 0 Å². The highest BCUT2D eigenvalue weighted by Crippen LogP contribution is 2.47. The highest BCUT2D eigenvalue weighted by molar-refractivity contribution is 7.26. The van der Waals surface area contributed by atoms with Gasteiger partial charge >= 0.3 is 0 Å². The molecule has 4 aromatic heterocycles. The summed E-state index contributed by atoms with van der Waals surface area (Å²) in [6.45, 7) is 0. The number of nitrogens with zero attached hydrogens (tertiary/aromatic N) is 2. The largest absolute Gasteiger partial charge is 0.309 e. The Morgan fingerprint density at radius 2 is 0.922 bits per heavy atom. The molecule has 2 nitrogen and oxygen atoms in total. The van der Waals surface area contributed by atoms with Crippen molar-refractivity contribution in [3.05, 3.63) is 170 Å². The third kappa shape index (κ3) is 3.65. The van der Waals surface area contributed by atoms with Crippen molar-refractivity contribution < 1.29 is 0 Å². The smallest absolute Gasteiger partial charge is 0.0634 e. The van der Waals surface area contributed by atoms with Crippen LogP contribution in [0.3, 0.4) is 0 Å². The van der Waals surface area contributed by atoms with Crippen molar-refractivity contribution in [2.75, 3.05) is 0 Å². The number of para-hydroxylation sites is 2. The topological polar surface area (TPSA) is 9.34 Å². The maximum Gasteiger partial charge on any atom is 0.0634 e. The second-order valence-electron chi connectivity index (χ2n) is 13.7. The highest BCUT2D eigenvalue weighted by Gasteiger charge is 2.21. The van der Waals surface area contributed by atoms with E-state index in [1.165, 1.54) is 102 Å². The van der Waals surface area contributed by atoms with Gasteiger partial charge in [0.05, 0.1) is 27.6 Å². The Kier molecular flexibility index (Phi) is 5.41. The minimum atomic E-state index is 1.16. The van der Waals surface area contributed by atoms with Crippen LogP contribution in [0.25, 0.3) is 108 Å². The van der Waals surface area contributed by atoms with E-state index in [4.69, 9.17) is 0 Å². The Morgan fingerprint density at radius 3 is 1.73 bits per heavy atom. The molecule has 8 aromatic carbocycles. The van der Waals surface area contributed by atoms with Gasteiger partial charge in [-0.2, -0.15) is 0 Å². The maximum absolute atomic E-state index is 2.58. The number of benzene rings is 8. The summed E-state index contributed by atoms with van der Waals surface area (Å²) in [4.78, 5) is 0. The molecule has 0 saturated carbocycles. The van der Waals surface area contributed by atoms with Crippen LogP contribution < -0.4 is 0 Å². The third-order valence-corrected chi connectivity index (χ3v) is 12.2. The molecular weight excluding hydrogens is 637 g/mol. The molecule has 0 bridgehead atoms. The zero-order valence-corrected chi connectivity index (χ0v) is 28.3. The summed E-state index contributed by atoms with van der Waals surface area (Å²) in [7, 11) is 0. The zero-order chi connectivity index (χ0) is 33.2. The van der Waals surface area contributed by atoms with Crippen LogP contribution in [0.2, 0.25) is 0 Å². The van der Waals surface area contributed by atoms with Gasteiger partial charge in [0.25, 0.3) is 0 Å². The minimum Gasteiger partial charge on any atom is -0.309 e. The van der Waals surface area contributed by atoms with Crippen LogP contribution in [0.15, 0.2) is 170 Å². The number of thiophene rings is 1. The van der Waals surface area contributed by atoms with Gasteiger partial charge in [-0.3, -0.25) is 0 Å². The highest BCUT2D eigenvalue weighted by atomic mass is 32.1. The van der Waals surface area contributed by atoms with Gasteiger partial charge in [-0.1, -0.05) is 121 Å². The SMILES string of the molecule is c1ccc(-c2ccc(-n3c4ccccc4c4cc5c(cc43)c3ccc4sc6cccc7c8ccccc8c8ccccc8n5c3c4c67)cc2)cc1. The predicted molar refractivity (Wildman–Crippen MR) is 220 cm³/mol. The lowest BCUT2D eigenvalue weighted by molar-refractivity contribution is 1.18. The number of hydrogen-bond acceptors (Lipinski definition) is 1. The molecule has 0 fully saturated rings. The molecule has 0 saturated heterocycles. The summed E-state index contributed by atoms with van der Waals surface area (Å²) in [5, 5.41) is 12.9. The van der Waals surface area contributed by atoms with Crippen LogP contribution in [0.1, 0.15) is 0 Å².